The van der Waals surface area contributed by atoms with E-state index >= 15 is 0 Å². The van der Waals surface area contributed by atoms with Gasteiger partial charge >= 0.3 is 0 Å². The third kappa shape index (κ3) is 3.12. The molecule has 3 aromatic carbocycles. The van der Waals surface area contributed by atoms with E-state index in [4.69, 9.17) is 4.98 Å². The first kappa shape index (κ1) is 21.8. The summed E-state index contributed by atoms with van der Waals surface area (Å²) in [5, 5.41) is 2.50. The molecule has 0 N–H and O–H groups in total. The first-order valence-electron chi connectivity index (χ1n) is 12.7. The summed E-state index contributed by atoms with van der Waals surface area (Å²) in [7, 11) is 2.16. The first-order chi connectivity index (χ1) is 16.9. The molecule has 0 unspecified atom stereocenters. The fourth-order valence-corrected chi connectivity index (χ4v) is 5.82. The lowest BCUT2D eigenvalue weighted by molar-refractivity contribution is -0.659. The van der Waals surface area contributed by atoms with Gasteiger partial charge in [0.05, 0.1) is 23.6 Å². The summed E-state index contributed by atoms with van der Waals surface area (Å²) in [5.74, 6) is 3.15. The molecule has 1 aliphatic rings. The number of allylic oxidation sites excluding steroid dienone is 1. The van der Waals surface area contributed by atoms with Gasteiger partial charge in [0.1, 0.15) is 23.9 Å². The van der Waals surface area contributed by atoms with Crippen molar-refractivity contribution in [1.29, 1.82) is 0 Å². The minimum absolute atomic E-state index is 0.420. The number of imidazole rings is 2. The molecule has 0 atom stereocenters. The molecule has 0 saturated carbocycles. The lowest BCUT2D eigenvalue weighted by atomic mass is 9.92. The lowest BCUT2D eigenvalue weighted by Gasteiger charge is -2.19. The molecule has 35 heavy (non-hydrogen) atoms. The van der Waals surface area contributed by atoms with E-state index in [2.05, 4.69) is 123 Å². The maximum Gasteiger partial charge on any atom is 0.296 e. The number of hydrogen-bond acceptors (Lipinski definition) is 1. The van der Waals surface area contributed by atoms with Crippen LogP contribution in [0.15, 0.2) is 60.9 Å². The second-order valence-corrected chi connectivity index (χ2v) is 10.4. The molecule has 5 aromatic rings. The summed E-state index contributed by atoms with van der Waals surface area (Å²) >= 11 is 0. The predicted octanol–water partition coefficient (Wildman–Crippen LogP) is 7.05. The lowest BCUT2D eigenvalue weighted by Crippen LogP contribution is -2.30. The number of aromatic nitrogens is 4. The fourth-order valence-electron chi connectivity index (χ4n) is 5.82. The highest BCUT2D eigenvalue weighted by molar-refractivity contribution is 6.13. The molecular weight excluding hydrogens is 428 g/mol. The van der Waals surface area contributed by atoms with Gasteiger partial charge in [0.25, 0.3) is 5.82 Å². The van der Waals surface area contributed by atoms with Gasteiger partial charge in [-0.2, -0.15) is 4.57 Å². The highest BCUT2D eigenvalue weighted by Gasteiger charge is 2.31. The van der Waals surface area contributed by atoms with Crippen LogP contribution in [0.3, 0.4) is 0 Å². The molecule has 3 heterocycles. The minimum Gasteiger partial charge on any atom is -0.302 e. The van der Waals surface area contributed by atoms with Crippen molar-refractivity contribution in [1.82, 2.24) is 14.1 Å². The zero-order valence-corrected chi connectivity index (χ0v) is 21.5. The molecule has 4 heteroatoms. The Hall–Kier alpha value is -3.66. The monoisotopic (exact) mass is 461 g/mol. The highest BCUT2D eigenvalue weighted by Crippen LogP contribution is 2.41. The van der Waals surface area contributed by atoms with Crippen LogP contribution in [0.5, 0.6) is 0 Å². The Bertz CT molecular complexity index is 1620. The van der Waals surface area contributed by atoms with Gasteiger partial charge in [-0.3, -0.25) is 0 Å². The van der Waals surface area contributed by atoms with Crippen LogP contribution in [0.4, 0.5) is 0 Å². The molecule has 0 bridgehead atoms. The van der Waals surface area contributed by atoms with Crippen molar-refractivity contribution in [3.05, 3.63) is 83.4 Å². The number of nitrogens with zero attached hydrogens (tertiary/aromatic N) is 4. The number of benzene rings is 3. The molecule has 0 fully saturated rings. The Kier molecular flexibility index (Phi) is 4.96. The number of fused-ring (bicyclic) bond motifs is 5. The van der Waals surface area contributed by atoms with Crippen LogP contribution in [0.2, 0.25) is 0 Å². The second-order valence-electron chi connectivity index (χ2n) is 10.4. The molecule has 6 rings (SSSR count). The molecule has 0 amide bonds. The number of aryl methyl sites for hydroxylation is 2. The first-order valence-corrected chi connectivity index (χ1v) is 12.7. The van der Waals surface area contributed by atoms with Gasteiger partial charge in [-0.25, -0.2) is 9.55 Å². The Morgan fingerprint density at radius 3 is 2.29 bits per heavy atom. The number of hydrogen-bond donors (Lipinski definition) is 0. The fraction of sp³-hybridized carbons (Fsp3) is 0.290. The van der Waals surface area contributed by atoms with Gasteiger partial charge in [0.2, 0.25) is 0 Å². The zero-order chi connectivity index (χ0) is 24.4. The van der Waals surface area contributed by atoms with Gasteiger partial charge in [-0.05, 0) is 29.7 Å². The van der Waals surface area contributed by atoms with Gasteiger partial charge in [-0.15, -0.1) is 0 Å². The van der Waals surface area contributed by atoms with E-state index in [1.54, 1.807) is 0 Å². The van der Waals surface area contributed by atoms with E-state index in [9.17, 15) is 0 Å². The average molecular weight is 462 g/mol. The van der Waals surface area contributed by atoms with Crippen molar-refractivity contribution in [3.8, 4) is 17.1 Å². The number of rotatable bonds is 4. The molecule has 1 aliphatic heterocycles. The zero-order valence-electron chi connectivity index (χ0n) is 21.5. The molecular formula is C31H33N4+. The maximum atomic E-state index is 5.14. The quantitative estimate of drug-likeness (QED) is 0.263. The third-order valence-corrected chi connectivity index (χ3v) is 7.55. The molecule has 0 spiro atoms. The van der Waals surface area contributed by atoms with Gasteiger partial charge in [0, 0.05) is 29.1 Å². The van der Waals surface area contributed by atoms with Gasteiger partial charge in [0.15, 0.2) is 0 Å². The summed E-state index contributed by atoms with van der Waals surface area (Å²) in [4.78, 5) is 5.14. The van der Waals surface area contributed by atoms with E-state index < -0.39 is 0 Å². The summed E-state index contributed by atoms with van der Waals surface area (Å²) < 4.78 is 7.01. The predicted molar refractivity (Wildman–Crippen MR) is 145 cm³/mol. The van der Waals surface area contributed by atoms with Crippen LogP contribution in [0, 0.1) is 6.92 Å². The second kappa shape index (κ2) is 7.94. The third-order valence-electron chi connectivity index (χ3n) is 7.55. The van der Waals surface area contributed by atoms with Crippen molar-refractivity contribution >= 4 is 28.0 Å². The van der Waals surface area contributed by atoms with E-state index in [0.717, 1.165) is 17.8 Å². The van der Waals surface area contributed by atoms with Crippen LogP contribution < -0.4 is 4.57 Å². The Morgan fingerprint density at radius 2 is 1.60 bits per heavy atom. The van der Waals surface area contributed by atoms with Gasteiger partial charge in [-0.1, -0.05) is 76.2 Å². The van der Waals surface area contributed by atoms with Crippen molar-refractivity contribution in [2.75, 3.05) is 0 Å². The Morgan fingerprint density at radius 1 is 0.914 bits per heavy atom. The van der Waals surface area contributed by atoms with Crippen molar-refractivity contribution in [2.45, 2.75) is 52.9 Å². The molecule has 2 aromatic heterocycles. The Balaban J connectivity index is 1.79. The van der Waals surface area contributed by atoms with Gasteiger partial charge < -0.3 is 4.57 Å². The number of para-hydroxylation sites is 1. The summed E-state index contributed by atoms with van der Waals surface area (Å²) in [5.41, 5.74) is 8.90. The highest BCUT2D eigenvalue weighted by atomic mass is 15.2. The van der Waals surface area contributed by atoms with Crippen molar-refractivity contribution in [3.63, 3.8) is 0 Å². The minimum atomic E-state index is 0.420. The van der Waals surface area contributed by atoms with Crippen LogP contribution in [0.25, 0.3) is 45.1 Å². The standard InChI is InChI=1S/C31H33N4/c1-19(2)22-13-9-14-23(20(3)4)29(22)35-18-17-33(6)31(35)27-21(5)24-11-7-8-12-25(24)28-30(27)34-16-10-15-26(34)32-28/h7-14,16-20H,15H2,1-6H3/q+1. The van der Waals surface area contributed by atoms with Crippen molar-refractivity contribution in [2.24, 2.45) is 7.05 Å². The topological polar surface area (TPSA) is 26.6 Å². The van der Waals surface area contributed by atoms with Crippen molar-refractivity contribution < 1.29 is 4.57 Å². The van der Waals surface area contributed by atoms with E-state index in [-0.39, 0.29) is 0 Å². The van der Waals surface area contributed by atoms with Crippen LogP contribution in [-0.4, -0.2) is 14.1 Å². The van der Waals surface area contributed by atoms with E-state index in [0.29, 0.717) is 11.8 Å². The summed E-state index contributed by atoms with van der Waals surface area (Å²) in [6, 6.07) is 15.5. The molecule has 0 saturated heterocycles. The van der Waals surface area contributed by atoms with Crippen LogP contribution in [-0.2, 0) is 13.5 Å². The summed E-state index contributed by atoms with van der Waals surface area (Å²) in [6.45, 7) is 11.4. The van der Waals surface area contributed by atoms with Crippen LogP contribution in [0.1, 0.15) is 62.0 Å². The molecule has 0 aliphatic carbocycles. The summed E-state index contributed by atoms with van der Waals surface area (Å²) in [6.07, 6.45) is 9.70. The SMILES string of the molecule is Cc1c(-c2n(-c3c(C(C)C)cccc3C(C)C)cc[n+]2C)c2c(nc3n2C=CC3)c2ccccc12. The van der Waals surface area contributed by atoms with Crippen LogP contribution >= 0.6 is 0 Å². The molecule has 176 valence electrons. The largest absolute Gasteiger partial charge is 0.302 e. The normalized spacial score (nSPS) is 13.1. The smallest absolute Gasteiger partial charge is 0.296 e. The maximum absolute atomic E-state index is 5.14. The Labute approximate surface area is 207 Å². The molecule has 4 nitrogen and oxygen atoms in total. The average Bonchev–Trinajstić information content (AvgIpc) is 3.54. The van der Waals surface area contributed by atoms with E-state index in [1.807, 2.05) is 0 Å². The molecule has 0 radical (unpaired) electrons. The van der Waals surface area contributed by atoms with E-state index in [1.165, 1.54) is 50.1 Å².